The summed E-state index contributed by atoms with van der Waals surface area (Å²) in [5.74, 6) is -0.512. The van der Waals surface area contributed by atoms with Crippen LogP contribution >= 0.6 is 0 Å². The molecule has 7 heteroatoms. The molecule has 0 aliphatic carbocycles. The van der Waals surface area contributed by atoms with Crippen LogP contribution in [-0.4, -0.2) is 50.6 Å². The molecule has 0 bridgehead atoms. The molecule has 0 aliphatic rings. The van der Waals surface area contributed by atoms with Crippen molar-refractivity contribution >= 4 is 19.5 Å². The highest BCUT2D eigenvalue weighted by molar-refractivity contribution is 6.58. The molecular weight excluding hydrogens is 381 g/mol. The van der Waals surface area contributed by atoms with Gasteiger partial charge in [-0.2, -0.15) is 0 Å². The van der Waals surface area contributed by atoms with Gasteiger partial charge in [-0.05, 0) is 45.4 Å². The molecule has 172 valence electrons. The minimum atomic E-state index is -0.776. The van der Waals surface area contributed by atoms with Gasteiger partial charge < -0.3 is 24.7 Å². The van der Waals surface area contributed by atoms with Crippen LogP contribution in [0.3, 0.4) is 0 Å². The smallest absolute Gasteiger partial charge is 0.330 e. The lowest BCUT2D eigenvalue weighted by atomic mass is 9.81. The second kappa shape index (κ2) is 13.3. The standard InChI is InChI=1S/C23H42BNO5/c1-8-19(26)28-15-13-22(5,6)29-17-14-23(7,25)30-16-12-21(3,4)11-9-10-18(2)20(24)27/h8,18H,1,9-17,25H2,2-7H3. The van der Waals surface area contributed by atoms with Gasteiger partial charge in [-0.3, -0.25) is 0 Å². The van der Waals surface area contributed by atoms with Crippen molar-refractivity contribution in [3.05, 3.63) is 12.7 Å². The summed E-state index contributed by atoms with van der Waals surface area (Å²) in [7, 11) is 5.32. The first kappa shape index (κ1) is 28.8. The Hall–Kier alpha value is -1.18. The van der Waals surface area contributed by atoms with Gasteiger partial charge >= 0.3 is 5.97 Å². The molecule has 0 aromatic heterocycles. The number of carbonyl (C=O) groups is 2. The number of rotatable bonds is 17. The molecule has 2 atom stereocenters. The van der Waals surface area contributed by atoms with Gasteiger partial charge in [-0.25, -0.2) is 4.79 Å². The summed E-state index contributed by atoms with van der Waals surface area (Å²) in [6, 6.07) is 0. The molecule has 2 radical (unpaired) electrons. The lowest BCUT2D eigenvalue weighted by Gasteiger charge is -2.31. The summed E-state index contributed by atoms with van der Waals surface area (Å²) in [4.78, 5) is 22.2. The second-order valence-corrected chi connectivity index (χ2v) is 9.75. The van der Waals surface area contributed by atoms with Gasteiger partial charge in [0.2, 0.25) is 0 Å². The quantitative estimate of drug-likeness (QED) is 0.165. The maximum Gasteiger partial charge on any atom is 0.330 e. The van der Waals surface area contributed by atoms with Crippen molar-refractivity contribution < 1.29 is 23.8 Å². The molecule has 0 heterocycles. The Morgan fingerprint density at radius 1 is 1.00 bits per heavy atom. The Bertz CT molecular complexity index is 546. The van der Waals surface area contributed by atoms with Crippen LogP contribution < -0.4 is 5.73 Å². The maximum absolute atomic E-state index is 11.1. The van der Waals surface area contributed by atoms with Crippen molar-refractivity contribution in [3.8, 4) is 0 Å². The molecule has 30 heavy (non-hydrogen) atoms. The number of hydrogen-bond donors (Lipinski definition) is 1. The van der Waals surface area contributed by atoms with E-state index in [1.807, 2.05) is 27.7 Å². The van der Waals surface area contributed by atoms with E-state index in [9.17, 15) is 9.59 Å². The molecule has 2 unspecified atom stereocenters. The van der Waals surface area contributed by atoms with Gasteiger partial charge in [0.05, 0.1) is 24.5 Å². The van der Waals surface area contributed by atoms with Gasteiger partial charge in [-0.15, -0.1) is 0 Å². The number of hydrogen-bond acceptors (Lipinski definition) is 6. The third-order valence-electron chi connectivity index (χ3n) is 5.39. The highest BCUT2D eigenvalue weighted by atomic mass is 16.5. The predicted molar refractivity (Wildman–Crippen MR) is 121 cm³/mol. The van der Waals surface area contributed by atoms with E-state index in [2.05, 4.69) is 20.4 Å². The maximum atomic E-state index is 11.1. The Morgan fingerprint density at radius 3 is 2.17 bits per heavy atom. The van der Waals surface area contributed by atoms with Crippen LogP contribution in [0, 0.1) is 11.3 Å². The van der Waals surface area contributed by atoms with Crippen molar-refractivity contribution in [2.24, 2.45) is 17.1 Å². The molecular formula is C23H42BNO5. The Kier molecular flexibility index (Phi) is 12.8. The molecule has 0 saturated heterocycles. The minimum absolute atomic E-state index is 0.0809. The predicted octanol–water partition coefficient (Wildman–Crippen LogP) is 3.90. The number of carbonyl (C=O) groups excluding carboxylic acids is 2. The Morgan fingerprint density at radius 2 is 1.60 bits per heavy atom. The van der Waals surface area contributed by atoms with Crippen LogP contribution in [0.2, 0.25) is 0 Å². The van der Waals surface area contributed by atoms with E-state index in [1.54, 1.807) is 0 Å². The summed E-state index contributed by atoms with van der Waals surface area (Å²) < 4.78 is 16.8. The minimum Gasteiger partial charge on any atom is -0.462 e. The van der Waals surface area contributed by atoms with E-state index < -0.39 is 17.3 Å². The monoisotopic (exact) mass is 423 g/mol. The molecule has 0 saturated carbocycles. The van der Waals surface area contributed by atoms with Crippen molar-refractivity contribution in [1.29, 1.82) is 0 Å². The molecule has 0 spiro atoms. The number of nitrogens with two attached hydrogens (primary N) is 1. The molecule has 0 fully saturated rings. The van der Waals surface area contributed by atoms with Crippen molar-refractivity contribution in [1.82, 2.24) is 0 Å². The van der Waals surface area contributed by atoms with Crippen molar-refractivity contribution in [3.63, 3.8) is 0 Å². The van der Waals surface area contributed by atoms with Crippen LogP contribution in [0.15, 0.2) is 12.7 Å². The average Bonchev–Trinajstić information content (AvgIpc) is 2.60. The molecule has 0 rings (SSSR count). The van der Waals surface area contributed by atoms with E-state index in [0.29, 0.717) is 26.1 Å². The number of esters is 1. The van der Waals surface area contributed by atoms with Gasteiger partial charge in [0.1, 0.15) is 5.72 Å². The first-order chi connectivity index (χ1) is 13.7. The summed E-state index contributed by atoms with van der Waals surface area (Å²) in [5.41, 5.74) is 4.94. The lowest BCUT2D eigenvalue weighted by molar-refractivity contribution is -0.140. The first-order valence-corrected chi connectivity index (χ1v) is 10.8. The molecule has 6 nitrogen and oxygen atoms in total. The molecule has 0 aliphatic heterocycles. The summed E-state index contributed by atoms with van der Waals surface area (Å²) in [5, 5.41) is 0. The topological polar surface area (TPSA) is 87.8 Å². The van der Waals surface area contributed by atoms with Gasteiger partial charge in [0, 0.05) is 31.4 Å². The third-order valence-corrected chi connectivity index (χ3v) is 5.39. The fraction of sp³-hybridized carbons (Fsp3) is 0.826. The largest absolute Gasteiger partial charge is 0.462 e. The van der Waals surface area contributed by atoms with Crippen LogP contribution in [0.4, 0.5) is 0 Å². The number of ether oxygens (including phenoxy) is 3. The zero-order valence-corrected chi connectivity index (χ0v) is 19.9. The van der Waals surface area contributed by atoms with E-state index in [1.165, 1.54) is 0 Å². The van der Waals surface area contributed by atoms with Crippen LogP contribution in [0.5, 0.6) is 0 Å². The fourth-order valence-corrected chi connectivity index (χ4v) is 2.85. The average molecular weight is 423 g/mol. The van der Waals surface area contributed by atoms with E-state index in [-0.39, 0.29) is 23.6 Å². The zero-order chi connectivity index (χ0) is 23.4. The van der Waals surface area contributed by atoms with Crippen LogP contribution in [0.25, 0.3) is 0 Å². The van der Waals surface area contributed by atoms with E-state index >= 15 is 0 Å². The molecule has 2 N–H and O–H groups in total. The summed E-state index contributed by atoms with van der Waals surface area (Å²) in [6.45, 7) is 16.7. The molecule has 0 aromatic rings. The van der Waals surface area contributed by atoms with Gasteiger partial charge in [-0.1, -0.05) is 33.8 Å². The first-order valence-electron chi connectivity index (χ1n) is 10.8. The van der Waals surface area contributed by atoms with Gasteiger partial charge in [0.15, 0.2) is 7.85 Å². The summed E-state index contributed by atoms with van der Waals surface area (Å²) in [6.07, 6.45) is 5.94. The van der Waals surface area contributed by atoms with Crippen LogP contribution in [0.1, 0.15) is 80.1 Å². The van der Waals surface area contributed by atoms with Crippen molar-refractivity contribution in [2.45, 2.75) is 91.4 Å². The normalized spacial score (nSPS) is 15.3. The zero-order valence-electron chi connectivity index (χ0n) is 19.9. The highest BCUT2D eigenvalue weighted by Crippen LogP contribution is 2.29. The van der Waals surface area contributed by atoms with Gasteiger partial charge in [0.25, 0.3) is 0 Å². The third kappa shape index (κ3) is 14.8. The molecule has 0 amide bonds. The second-order valence-electron chi connectivity index (χ2n) is 9.75. The Balaban J connectivity index is 4.14. The van der Waals surface area contributed by atoms with Crippen molar-refractivity contribution in [2.75, 3.05) is 19.8 Å². The highest BCUT2D eigenvalue weighted by Gasteiger charge is 2.25. The van der Waals surface area contributed by atoms with E-state index in [4.69, 9.17) is 27.8 Å². The Labute approximate surface area is 184 Å². The SMILES string of the molecule is [B]C(=O)C(C)CCCC(C)(C)CCOC(C)(N)CCOC(C)(C)CCOC(=O)C=C. The lowest BCUT2D eigenvalue weighted by Crippen LogP contribution is -2.42. The summed E-state index contributed by atoms with van der Waals surface area (Å²) >= 11 is 0. The fourth-order valence-electron chi connectivity index (χ4n) is 2.85. The van der Waals surface area contributed by atoms with Crippen LogP contribution in [-0.2, 0) is 23.8 Å². The molecule has 0 aromatic carbocycles. The van der Waals surface area contributed by atoms with E-state index in [0.717, 1.165) is 31.8 Å².